The predicted octanol–water partition coefficient (Wildman–Crippen LogP) is 0.0431. The van der Waals surface area contributed by atoms with Crippen LogP contribution in [0.1, 0.15) is 94.9 Å². The van der Waals surface area contributed by atoms with E-state index in [0.29, 0.717) is 6.42 Å². The van der Waals surface area contributed by atoms with Crippen LogP contribution in [0.5, 0.6) is 0 Å². The summed E-state index contributed by atoms with van der Waals surface area (Å²) in [6.45, 7) is 15.7. The van der Waals surface area contributed by atoms with Crippen molar-refractivity contribution in [3.8, 4) is 0 Å². The molecule has 4 aliphatic rings. The second kappa shape index (κ2) is 22.2. The van der Waals surface area contributed by atoms with Crippen molar-refractivity contribution in [2.45, 2.75) is 210 Å². The number of cyclic esters (lactones) is 1. The van der Waals surface area contributed by atoms with Gasteiger partial charge in [-0.05, 0) is 74.9 Å². The van der Waals surface area contributed by atoms with Crippen molar-refractivity contribution >= 4 is 11.7 Å². The summed E-state index contributed by atoms with van der Waals surface area (Å²) >= 11 is 0. The molecule has 4 rings (SSSR count). The quantitative estimate of drug-likeness (QED) is 0.100. The van der Waals surface area contributed by atoms with Crippen LogP contribution >= 0.6 is 0 Å². The Labute approximate surface area is 378 Å². The number of ether oxygens (including phenoxy) is 8. The maximum atomic E-state index is 14.5. The van der Waals surface area contributed by atoms with Gasteiger partial charge >= 0.3 is 5.97 Å². The van der Waals surface area contributed by atoms with Crippen LogP contribution in [-0.2, 0) is 47.5 Å². The van der Waals surface area contributed by atoms with Crippen molar-refractivity contribution in [2.24, 2.45) is 28.8 Å². The summed E-state index contributed by atoms with van der Waals surface area (Å²) in [5, 5.41) is 96.3. The first-order valence-electron chi connectivity index (χ1n) is 22.6. The SMILES string of the molecule is CCC1OC(=O)[C@H](C)C(O[C@H]2C[C@@](C)(OC)[C@@H](O)[C@H](C)O2)[C@H](C)[C@@H](O[C@@H]2O[C@H](C)C[C@H](N(C)C)[C@H]2O)[C@](C)(O)C[C@@H](C)/C(=N\O[C@@H]2[C@@H](O)[C@H](OC)O[C@H](CO)[C@H]2O)[C@H](C)[C@@H](O)[C@]1(C)O. The number of nitrogens with zero attached hydrogens (tertiary/aromatic N) is 2. The van der Waals surface area contributed by atoms with Gasteiger partial charge in [0.05, 0.1) is 60.0 Å². The highest BCUT2D eigenvalue weighted by atomic mass is 16.7. The van der Waals surface area contributed by atoms with Gasteiger partial charge in [0.15, 0.2) is 25.0 Å². The third-order valence-corrected chi connectivity index (χ3v) is 14.2. The average Bonchev–Trinajstić information content (AvgIpc) is 3.23. The van der Waals surface area contributed by atoms with Crippen LogP contribution in [0.4, 0.5) is 0 Å². The lowest BCUT2D eigenvalue weighted by atomic mass is 9.73. The highest BCUT2D eigenvalue weighted by Gasteiger charge is 2.54. The molecule has 64 heavy (non-hydrogen) atoms. The van der Waals surface area contributed by atoms with E-state index in [4.69, 9.17) is 42.7 Å². The fourth-order valence-corrected chi connectivity index (χ4v) is 10.1. The Hall–Kier alpha value is -1.70. The van der Waals surface area contributed by atoms with Crippen LogP contribution < -0.4 is 0 Å². The lowest BCUT2D eigenvalue weighted by molar-refractivity contribution is -0.318. The predicted molar refractivity (Wildman–Crippen MR) is 228 cm³/mol. The van der Waals surface area contributed by atoms with E-state index in [-0.39, 0.29) is 31.1 Å². The van der Waals surface area contributed by atoms with Gasteiger partial charge in [-0.15, -0.1) is 0 Å². The molecule has 20 heteroatoms. The number of oxime groups is 1. The van der Waals surface area contributed by atoms with E-state index in [1.165, 1.54) is 28.1 Å². The van der Waals surface area contributed by atoms with E-state index in [1.807, 2.05) is 25.9 Å². The van der Waals surface area contributed by atoms with Crippen LogP contribution in [0.25, 0.3) is 0 Å². The van der Waals surface area contributed by atoms with Crippen molar-refractivity contribution < 1.29 is 88.4 Å². The number of carbonyl (C=O) groups excluding carboxylic acids is 1. The Kier molecular flexibility index (Phi) is 19.0. The summed E-state index contributed by atoms with van der Waals surface area (Å²) in [6, 6.07) is -0.390. The normalized spacial score (nSPS) is 49.9. The third-order valence-electron chi connectivity index (χ3n) is 14.2. The van der Waals surface area contributed by atoms with Crippen molar-refractivity contribution in [2.75, 3.05) is 34.9 Å². The Balaban J connectivity index is 1.90. The third kappa shape index (κ3) is 11.8. The lowest BCUT2D eigenvalue weighted by Crippen LogP contribution is -2.61. The molecule has 0 amide bonds. The van der Waals surface area contributed by atoms with E-state index in [1.54, 1.807) is 48.5 Å². The fraction of sp³-hybridized carbons (Fsp3) is 0.955. The molecule has 0 aromatic heterocycles. The van der Waals surface area contributed by atoms with Crippen molar-refractivity contribution in [3.05, 3.63) is 0 Å². The zero-order valence-corrected chi connectivity index (χ0v) is 40.1. The minimum atomic E-state index is -2.11. The molecule has 4 fully saturated rings. The Morgan fingerprint density at radius 3 is 2.02 bits per heavy atom. The molecule has 2 unspecified atom stereocenters. The summed E-state index contributed by atoms with van der Waals surface area (Å²) in [5.74, 6) is -4.82. The number of carbonyl (C=O) groups is 1. The van der Waals surface area contributed by atoms with Crippen molar-refractivity contribution in [3.63, 3.8) is 0 Å². The van der Waals surface area contributed by atoms with Crippen LogP contribution in [-0.4, -0.2) is 207 Å². The van der Waals surface area contributed by atoms with E-state index in [2.05, 4.69) is 5.16 Å². The first-order valence-corrected chi connectivity index (χ1v) is 22.6. The monoisotopic (exact) mass is 925 g/mol. The lowest BCUT2D eigenvalue weighted by Gasteiger charge is -2.49. The van der Waals surface area contributed by atoms with Gasteiger partial charge in [-0.2, -0.15) is 0 Å². The van der Waals surface area contributed by atoms with Gasteiger partial charge in [-0.1, -0.05) is 32.9 Å². The maximum absolute atomic E-state index is 14.5. The van der Waals surface area contributed by atoms with E-state index in [0.717, 1.165) is 0 Å². The second-order valence-electron chi connectivity index (χ2n) is 19.6. The number of likely N-dealkylation sites (N-methyl/N-ethyl adjacent to an activating group) is 1. The number of aliphatic hydroxyl groups excluding tert-OH is 6. The van der Waals surface area contributed by atoms with Gasteiger partial charge in [0, 0.05) is 44.4 Å². The zero-order valence-electron chi connectivity index (χ0n) is 40.1. The van der Waals surface area contributed by atoms with Gasteiger partial charge in [0.1, 0.15) is 42.2 Å². The number of hydrogen-bond acceptors (Lipinski definition) is 20. The molecule has 374 valence electrons. The van der Waals surface area contributed by atoms with Crippen LogP contribution in [0, 0.1) is 23.7 Å². The average molecular weight is 925 g/mol. The van der Waals surface area contributed by atoms with Gasteiger partial charge in [-0.25, -0.2) is 0 Å². The molecular formula is C44H80N2O18. The zero-order chi connectivity index (χ0) is 48.4. The largest absolute Gasteiger partial charge is 0.459 e. The minimum absolute atomic E-state index is 0.0440. The Morgan fingerprint density at radius 2 is 1.45 bits per heavy atom. The smallest absolute Gasteiger partial charge is 0.311 e. The molecule has 8 N–H and O–H groups in total. The number of rotatable bonds is 11. The van der Waals surface area contributed by atoms with Crippen molar-refractivity contribution in [1.29, 1.82) is 0 Å². The molecule has 4 heterocycles. The molecule has 0 spiro atoms. The van der Waals surface area contributed by atoms with E-state index in [9.17, 15) is 45.6 Å². The first-order chi connectivity index (χ1) is 29.7. The molecule has 23 atom stereocenters. The molecule has 20 nitrogen and oxygen atoms in total. The van der Waals surface area contributed by atoms with E-state index >= 15 is 0 Å². The molecule has 0 bridgehead atoms. The highest BCUT2D eigenvalue weighted by molar-refractivity contribution is 5.88. The second-order valence-corrected chi connectivity index (χ2v) is 19.6. The molecule has 0 saturated carbocycles. The molecule has 0 aromatic carbocycles. The Bertz CT molecular complexity index is 1510. The van der Waals surface area contributed by atoms with Crippen LogP contribution in [0.3, 0.4) is 0 Å². The maximum Gasteiger partial charge on any atom is 0.311 e. The standard InChI is InChI=1S/C44H80N2O18/c1-15-28-44(10,55)36(51)22(4)30(45-64-35-32(49)27(19-47)60-40(56-13)33(35)50)20(2)17-42(8,54)38(63-41-31(48)26(46(11)12)16-21(3)58-41)23(5)34(24(6)39(53)61-28)62-29-18-43(9,57-14)37(52)25(7)59-29/h20-29,31-38,40-41,47-52,54-55H,15-19H2,1-14H3/b45-30+/t20-,21-,22+,23+,24-,25+,26+,27-,28?,29+,31-,32-,33-,34?,35+,36-,37+,38-,40-,41+,42-,43-,44-/m1/s1. The van der Waals surface area contributed by atoms with Gasteiger partial charge in [0.2, 0.25) is 0 Å². The summed E-state index contributed by atoms with van der Waals surface area (Å²) < 4.78 is 48.4. The molecule has 0 radical (unpaired) electrons. The van der Waals surface area contributed by atoms with Gasteiger partial charge in [0.25, 0.3) is 0 Å². The minimum Gasteiger partial charge on any atom is -0.459 e. The number of aliphatic hydroxyl groups is 8. The molecule has 4 saturated heterocycles. The first kappa shape index (κ1) is 54.9. The Morgan fingerprint density at radius 1 is 0.812 bits per heavy atom. The van der Waals surface area contributed by atoms with Gasteiger partial charge < -0.3 is 88.5 Å². The summed E-state index contributed by atoms with van der Waals surface area (Å²) in [4.78, 5) is 22.2. The molecule has 0 aliphatic carbocycles. The molecule has 4 aliphatic heterocycles. The summed E-state index contributed by atoms with van der Waals surface area (Å²) in [5.41, 5.74) is -5.07. The van der Waals surface area contributed by atoms with Crippen LogP contribution in [0.2, 0.25) is 0 Å². The molecular weight excluding hydrogens is 844 g/mol. The number of methoxy groups -OCH3 is 2. The van der Waals surface area contributed by atoms with E-state index < -0.39 is 145 Å². The topological polar surface area (TPSA) is 278 Å². The summed E-state index contributed by atoms with van der Waals surface area (Å²) in [6.07, 6.45) is -17.9. The van der Waals surface area contributed by atoms with Crippen LogP contribution in [0.15, 0.2) is 5.16 Å². The summed E-state index contributed by atoms with van der Waals surface area (Å²) in [7, 11) is 6.39. The number of esters is 1. The highest BCUT2D eigenvalue weighted by Crippen LogP contribution is 2.41. The fourth-order valence-electron chi connectivity index (χ4n) is 10.1. The van der Waals surface area contributed by atoms with Gasteiger partial charge in [-0.3, -0.25) is 4.79 Å². The number of hydrogen-bond donors (Lipinski definition) is 8. The van der Waals surface area contributed by atoms with Crippen molar-refractivity contribution in [1.82, 2.24) is 4.90 Å². The molecule has 0 aromatic rings.